The number of aryl methyl sites for hydroxylation is 1. The maximum atomic E-state index is 12.4. The molecule has 0 aromatic heterocycles. The molecule has 0 aliphatic carbocycles. The first kappa shape index (κ1) is 15.0. The molecule has 0 bridgehead atoms. The van der Waals surface area contributed by atoms with Gasteiger partial charge < -0.3 is 15.4 Å². The average Bonchev–Trinajstić information content (AvgIpc) is 2.44. The highest BCUT2D eigenvalue weighted by Gasteiger charge is 2.28. The van der Waals surface area contributed by atoms with E-state index < -0.39 is 6.04 Å². The molecule has 1 saturated heterocycles. The minimum absolute atomic E-state index is 0.0444. The Labute approximate surface area is 120 Å². The quantitative estimate of drug-likeness (QED) is 0.908. The molecule has 1 aliphatic rings. The Morgan fingerprint density at radius 1 is 1.30 bits per heavy atom. The zero-order chi connectivity index (χ0) is 14.5. The van der Waals surface area contributed by atoms with Gasteiger partial charge >= 0.3 is 0 Å². The molecule has 3 atom stereocenters. The lowest BCUT2D eigenvalue weighted by atomic mass is 10.0. The van der Waals surface area contributed by atoms with Gasteiger partial charge in [-0.25, -0.2) is 0 Å². The number of carbonyl (C=O) groups is 1. The average molecular weight is 276 g/mol. The molecule has 20 heavy (non-hydrogen) atoms. The Morgan fingerprint density at radius 2 is 1.90 bits per heavy atom. The van der Waals surface area contributed by atoms with Crippen LogP contribution in [-0.4, -0.2) is 42.1 Å². The highest BCUT2D eigenvalue weighted by Crippen LogP contribution is 2.13. The molecule has 1 aromatic carbocycles. The standard InChI is InChI=1S/C16H24N2O2/c1-12-10-18(11-13(2)20-12)16(19)15(17)9-8-14-6-4-3-5-7-14/h3-7,12-13,15H,8-11,17H2,1-2H3/t12?,13?,15-/m0/s1. The summed E-state index contributed by atoms with van der Waals surface area (Å²) in [6.07, 6.45) is 1.69. The van der Waals surface area contributed by atoms with E-state index in [1.807, 2.05) is 36.9 Å². The molecular formula is C16H24N2O2. The first-order chi connectivity index (χ1) is 9.56. The summed E-state index contributed by atoms with van der Waals surface area (Å²) >= 11 is 0. The third kappa shape index (κ3) is 4.05. The topological polar surface area (TPSA) is 55.6 Å². The van der Waals surface area contributed by atoms with Crippen molar-refractivity contribution in [3.8, 4) is 0 Å². The third-order valence-electron chi connectivity index (χ3n) is 3.64. The van der Waals surface area contributed by atoms with Crippen molar-refractivity contribution in [2.45, 2.75) is 44.9 Å². The van der Waals surface area contributed by atoms with E-state index in [4.69, 9.17) is 10.5 Å². The summed E-state index contributed by atoms with van der Waals surface area (Å²) in [6, 6.07) is 9.71. The summed E-state index contributed by atoms with van der Waals surface area (Å²) in [7, 11) is 0. The van der Waals surface area contributed by atoms with Crippen molar-refractivity contribution in [1.82, 2.24) is 4.90 Å². The van der Waals surface area contributed by atoms with Crippen LogP contribution in [0.5, 0.6) is 0 Å². The van der Waals surface area contributed by atoms with Crippen molar-refractivity contribution in [2.24, 2.45) is 5.73 Å². The van der Waals surface area contributed by atoms with Crippen molar-refractivity contribution >= 4 is 5.91 Å². The molecule has 0 radical (unpaired) electrons. The predicted molar refractivity (Wildman–Crippen MR) is 79.3 cm³/mol. The smallest absolute Gasteiger partial charge is 0.239 e. The summed E-state index contributed by atoms with van der Waals surface area (Å²) in [6.45, 7) is 5.27. The fraction of sp³-hybridized carbons (Fsp3) is 0.562. The second-order valence-corrected chi connectivity index (χ2v) is 5.63. The number of nitrogens with two attached hydrogens (primary N) is 1. The fourth-order valence-electron chi connectivity index (χ4n) is 2.68. The predicted octanol–water partition coefficient (Wildman–Crippen LogP) is 1.58. The second kappa shape index (κ2) is 6.86. The molecule has 0 saturated carbocycles. The third-order valence-corrected chi connectivity index (χ3v) is 3.64. The maximum absolute atomic E-state index is 12.4. The van der Waals surface area contributed by atoms with E-state index in [2.05, 4.69) is 12.1 Å². The minimum Gasteiger partial charge on any atom is -0.372 e. The van der Waals surface area contributed by atoms with Gasteiger partial charge in [-0.15, -0.1) is 0 Å². The van der Waals surface area contributed by atoms with Gasteiger partial charge in [-0.1, -0.05) is 30.3 Å². The number of nitrogens with zero attached hydrogens (tertiary/aromatic N) is 1. The van der Waals surface area contributed by atoms with Crippen LogP contribution in [0.25, 0.3) is 0 Å². The fourth-order valence-corrected chi connectivity index (χ4v) is 2.68. The van der Waals surface area contributed by atoms with E-state index in [1.54, 1.807) is 0 Å². The van der Waals surface area contributed by atoms with Crippen LogP contribution < -0.4 is 5.73 Å². The van der Waals surface area contributed by atoms with Crippen LogP contribution in [0.1, 0.15) is 25.8 Å². The van der Waals surface area contributed by atoms with Gasteiger partial charge in [0.05, 0.1) is 18.2 Å². The molecule has 2 rings (SSSR count). The summed E-state index contributed by atoms with van der Waals surface area (Å²) in [5.74, 6) is 0.0444. The van der Waals surface area contributed by atoms with Crippen LogP contribution in [0.4, 0.5) is 0 Å². The number of benzene rings is 1. The number of ether oxygens (including phenoxy) is 1. The van der Waals surface area contributed by atoms with Crippen LogP contribution in [0.3, 0.4) is 0 Å². The largest absolute Gasteiger partial charge is 0.372 e. The Balaban J connectivity index is 1.85. The Kier molecular flexibility index (Phi) is 5.15. The van der Waals surface area contributed by atoms with Gasteiger partial charge in [-0.3, -0.25) is 4.79 Å². The van der Waals surface area contributed by atoms with Crippen LogP contribution in [-0.2, 0) is 16.0 Å². The van der Waals surface area contributed by atoms with E-state index in [0.29, 0.717) is 19.5 Å². The molecule has 1 fully saturated rings. The lowest BCUT2D eigenvalue weighted by Gasteiger charge is -2.36. The molecule has 1 aromatic rings. The van der Waals surface area contributed by atoms with Crippen molar-refractivity contribution < 1.29 is 9.53 Å². The molecule has 1 amide bonds. The number of amides is 1. The summed E-state index contributed by atoms with van der Waals surface area (Å²) in [5, 5.41) is 0. The lowest BCUT2D eigenvalue weighted by Crippen LogP contribution is -2.53. The van der Waals surface area contributed by atoms with Crippen LogP contribution in [0, 0.1) is 0 Å². The molecule has 4 nitrogen and oxygen atoms in total. The number of hydrogen-bond donors (Lipinski definition) is 1. The molecule has 1 heterocycles. The summed E-state index contributed by atoms with van der Waals surface area (Å²) in [4.78, 5) is 14.2. The summed E-state index contributed by atoms with van der Waals surface area (Å²) in [5.41, 5.74) is 7.28. The normalized spacial score (nSPS) is 24.4. The zero-order valence-corrected chi connectivity index (χ0v) is 12.3. The molecule has 2 N–H and O–H groups in total. The molecule has 0 spiro atoms. The van der Waals surface area contributed by atoms with Gasteiger partial charge in [0.2, 0.25) is 5.91 Å². The molecule has 4 heteroatoms. The lowest BCUT2D eigenvalue weighted by molar-refractivity contribution is -0.144. The maximum Gasteiger partial charge on any atom is 0.239 e. The molecule has 1 aliphatic heterocycles. The highest BCUT2D eigenvalue weighted by atomic mass is 16.5. The van der Waals surface area contributed by atoms with Crippen molar-refractivity contribution in [2.75, 3.05) is 13.1 Å². The monoisotopic (exact) mass is 276 g/mol. The van der Waals surface area contributed by atoms with E-state index in [1.165, 1.54) is 5.56 Å². The first-order valence-corrected chi connectivity index (χ1v) is 7.30. The number of rotatable bonds is 4. The van der Waals surface area contributed by atoms with Gasteiger partial charge in [-0.05, 0) is 32.3 Å². The molecular weight excluding hydrogens is 252 g/mol. The molecule has 110 valence electrons. The van der Waals surface area contributed by atoms with Crippen molar-refractivity contribution in [3.63, 3.8) is 0 Å². The Morgan fingerprint density at radius 3 is 2.50 bits per heavy atom. The number of carbonyl (C=O) groups excluding carboxylic acids is 1. The SMILES string of the molecule is CC1CN(C(=O)[C@@H](N)CCc2ccccc2)CC(C)O1. The highest BCUT2D eigenvalue weighted by molar-refractivity contribution is 5.81. The van der Waals surface area contributed by atoms with Crippen LogP contribution in [0.2, 0.25) is 0 Å². The Bertz CT molecular complexity index is 425. The van der Waals surface area contributed by atoms with Gasteiger partial charge in [0.25, 0.3) is 0 Å². The van der Waals surface area contributed by atoms with Gasteiger partial charge in [-0.2, -0.15) is 0 Å². The van der Waals surface area contributed by atoms with Crippen LogP contribution >= 0.6 is 0 Å². The first-order valence-electron chi connectivity index (χ1n) is 7.30. The van der Waals surface area contributed by atoms with Gasteiger partial charge in [0, 0.05) is 13.1 Å². The van der Waals surface area contributed by atoms with Crippen molar-refractivity contribution in [3.05, 3.63) is 35.9 Å². The van der Waals surface area contributed by atoms with Gasteiger partial charge in [0.15, 0.2) is 0 Å². The summed E-state index contributed by atoms with van der Waals surface area (Å²) < 4.78 is 5.64. The van der Waals surface area contributed by atoms with E-state index in [9.17, 15) is 4.79 Å². The van der Waals surface area contributed by atoms with Crippen molar-refractivity contribution in [1.29, 1.82) is 0 Å². The van der Waals surface area contributed by atoms with E-state index in [0.717, 1.165) is 6.42 Å². The van der Waals surface area contributed by atoms with E-state index in [-0.39, 0.29) is 18.1 Å². The number of hydrogen-bond acceptors (Lipinski definition) is 3. The van der Waals surface area contributed by atoms with Gasteiger partial charge in [0.1, 0.15) is 0 Å². The van der Waals surface area contributed by atoms with E-state index >= 15 is 0 Å². The minimum atomic E-state index is -0.423. The zero-order valence-electron chi connectivity index (χ0n) is 12.3. The van der Waals surface area contributed by atoms with Crippen LogP contribution in [0.15, 0.2) is 30.3 Å². The second-order valence-electron chi connectivity index (χ2n) is 5.63. The molecule has 2 unspecified atom stereocenters. The Hall–Kier alpha value is -1.39. The number of morpholine rings is 1.